The lowest BCUT2D eigenvalue weighted by atomic mass is 9.94. The van der Waals surface area contributed by atoms with Gasteiger partial charge in [0.05, 0.1) is 20.3 Å². The Morgan fingerprint density at radius 2 is 1.96 bits per heavy atom. The van der Waals surface area contributed by atoms with Gasteiger partial charge in [-0.25, -0.2) is 0 Å². The van der Waals surface area contributed by atoms with Crippen molar-refractivity contribution in [1.29, 1.82) is 0 Å². The van der Waals surface area contributed by atoms with Crippen LogP contribution in [0.15, 0.2) is 18.2 Å². The molecule has 2 aliphatic heterocycles. The van der Waals surface area contributed by atoms with Crippen LogP contribution >= 0.6 is 0 Å². The maximum absolute atomic E-state index is 13.0. The zero-order valence-corrected chi connectivity index (χ0v) is 15.2. The molecule has 25 heavy (non-hydrogen) atoms. The molecule has 0 unspecified atom stereocenters. The first-order chi connectivity index (χ1) is 12.0. The molecule has 6 nitrogen and oxygen atoms in total. The SMILES string of the molecule is COc1ccc([C@@H]2CCCN2C(=O)[C@@H]2CCN(C)C(=O)C2)c(OC)c1. The highest BCUT2D eigenvalue weighted by atomic mass is 16.5. The van der Waals surface area contributed by atoms with Crippen molar-refractivity contribution in [2.45, 2.75) is 31.7 Å². The summed E-state index contributed by atoms with van der Waals surface area (Å²) in [6, 6.07) is 5.74. The van der Waals surface area contributed by atoms with Crippen LogP contribution in [0.25, 0.3) is 0 Å². The standard InChI is InChI=1S/C19H26N2O4/c1-20-10-8-13(11-18(20)22)19(23)21-9-4-5-16(21)15-7-6-14(24-2)12-17(15)25-3/h6-7,12-13,16H,4-5,8-11H2,1-3H3/t13-,16+/m1/s1. The van der Waals surface area contributed by atoms with Crippen LogP contribution in [0, 0.1) is 5.92 Å². The third-order valence-corrected chi connectivity index (χ3v) is 5.34. The molecule has 0 N–H and O–H groups in total. The van der Waals surface area contributed by atoms with E-state index in [1.54, 1.807) is 26.2 Å². The lowest BCUT2D eigenvalue weighted by Gasteiger charge is -2.33. The van der Waals surface area contributed by atoms with Gasteiger partial charge in [-0.1, -0.05) is 0 Å². The second-order valence-corrected chi connectivity index (χ2v) is 6.80. The van der Waals surface area contributed by atoms with Gasteiger partial charge in [0.2, 0.25) is 11.8 Å². The zero-order chi connectivity index (χ0) is 18.0. The van der Waals surface area contributed by atoms with E-state index in [1.807, 2.05) is 23.1 Å². The van der Waals surface area contributed by atoms with Crippen LogP contribution in [-0.4, -0.2) is 56.0 Å². The van der Waals surface area contributed by atoms with Crippen LogP contribution in [0.3, 0.4) is 0 Å². The number of rotatable bonds is 4. The molecule has 0 radical (unpaired) electrons. The molecule has 2 heterocycles. The second-order valence-electron chi connectivity index (χ2n) is 6.80. The first-order valence-corrected chi connectivity index (χ1v) is 8.81. The van der Waals surface area contributed by atoms with E-state index in [1.165, 1.54) is 0 Å². The first-order valence-electron chi connectivity index (χ1n) is 8.81. The summed E-state index contributed by atoms with van der Waals surface area (Å²) in [5.74, 6) is 1.43. The number of benzene rings is 1. The summed E-state index contributed by atoms with van der Waals surface area (Å²) in [6.45, 7) is 1.39. The highest BCUT2D eigenvalue weighted by Gasteiger charge is 2.37. The molecule has 2 aliphatic rings. The third kappa shape index (κ3) is 3.43. The molecule has 6 heteroatoms. The minimum Gasteiger partial charge on any atom is -0.497 e. The van der Waals surface area contributed by atoms with Crippen LogP contribution in [-0.2, 0) is 9.59 Å². The number of hydrogen-bond acceptors (Lipinski definition) is 4. The van der Waals surface area contributed by atoms with Crippen molar-refractivity contribution in [3.05, 3.63) is 23.8 Å². The minimum absolute atomic E-state index is 0.00288. The molecule has 0 saturated carbocycles. The van der Waals surface area contributed by atoms with Crippen LogP contribution in [0.4, 0.5) is 0 Å². The number of methoxy groups -OCH3 is 2. The van der Waals surface area contributed by atoms with Crippen LogP contribution in [0.2, 0.25) is 0 Å². The maximum atomic E-state index is 13.0. The number of hydrogen-bond donors (Lipinski definition) is 0. The molecular weight excluding hydrogens is 320 g/mol. The lowest BCUT2D eigenvalue weighted by Crippen LogP contribution is -2.43. The molecule has 0 bridgehead atoms. The van der Waals surface area contributed by atoms with Crippen molar-refractivity contribution < 1.29 is 19.1 Å². The molecule has 2 saturated heterocycles. The van der Waals surface area contributed by atoms with E-state index in [2.05, 4.69) is 0 Å². The fourth-order valence-corrected chi connectivity index (χ4v) is 3.84. The van der Waals surface area contributed by atoms with Crippen LogP contribution in [0.1, 0.15) is 37.3 Å². The molecule has 0 spiro atoms. The van der Waals surface area contributed by atoms with E-state index in [9.17, 15) is 9.59 Å². The molecule has 1 aromatic carbocycles. The monoisotopic (exact) mass is 346 g/mol. The zero-order valence-electron chi connectivity index (χ0n) is 15.2. The number of carbonyl (C=O) groups is 2. The smallest absolute Gasteiger partial charge is 0.226 e. The van der Waals surface area contributed by atoms with E-state index < -0.39 is 0 Å². The number of piperidine rings is 1. The second kappa shape index (κ2) is 7.33. The summed E-state index contributed by atoms with van der Waals surface area (Å²) in [5, 5.41) is 0. The summed E-state index contributed by atoms with van der Waals surface area (Å²) < 4.78 is 10.8. The highest BCUT2D eigenvalue weighted by Crippen LogP contribution is 2.40. The van der Waals surface area contributed by atoms with Crippen molar-refractivity contribution in [3.63, 3.8) is 0 Å². The summed E-state index contributed by atoms with van der Waals surface area (Å²) >= 11 is 0. The fraction of sp³-hybridized carbons (Fsp3) is 0.579. The van der Waals surface area contributed by atoms with Gasteiger partial charge in [0.15, 0.2) is 0 Å². The minimum atomic E-state index is -0.200. The van der Waals surface area contributed by atoms with Gasteiger partial charge in [0.1, 0.15) is 11.5 Å². The quantitative estimate of drug-likeness (QED) is 0.839. The van der Waals surface area contributed by atoms with Gasteiger partial charge in [0, 0.05) is 44.1 Å². The molecule has 2 amide bonds. The Morgan fingerprint density at radius 1 is 1.16 bits per heavy atom. The average Bonchev–Trinajstić information content (AvgIpc) is 3.12. The number of ether oxygens (including phenoxy) is 2. The number of nitrogens with zero attached hydrogens (tertiary/aromatic N) is 2. The average molecular weight is 346 g/mol. The summed E-state index contributed by atoms with van der Waals surface area (Å²) in [6.07, 6.45) is 2.93. The van der Waals surface area contributed by atoms with E-state index in [4.69, 9.17) is 9.47 Å². The lowest BCUT2D eigenvalue weighted by molar-refractivity contribution is -0.145. The van der Waals surface area contributed by atoms with Gasteiger partial charge in [-0.05, 0) is 31.4 Å². The van der Waals surface area contributed by atoms with E-state index in [0.29, 0.717) is 13.0 Å². The Balaban J connectivity index is 1.81. The first kappa shape index (κ1) is 17.6. The van der Waals surface area contributed by atoms with Crippen molar-refractivity contribution in [1.82, 2.24) is 9.80 Å². The van der Waals surface area contributed by atoms with Gasteiger partial charge >= 0.3 is 0 Å². The van der Waals surface area contributed by atoms with E-state index in [-0.39, 0.29) is 23.8 Å². The largest absolute Gasteiger partial charge is 0.497 e. The van der Waals surface area contributed by atoms with Gasteiger partial charge in [-0.3, -0.25) is 9.59 Å². The highest BCUT2D eigenvalue weighted by molar-refractivity contribution is 5.87. The van der Waals surface area contributed by atoms with E-state index in [0.717, 1.165) is 42.9 Å². The Morgan fingerprint density at radius 3 is 2.64 bits per heavy atom. The fourth-order valence-electron chi connectivity index (χ4n) is 3.84. The molecule has 2 fully saturated rings. The Hall–Kier alpha value is -2.24. The van der Waals surface area contributed by atoms with Gasteiger partial charge in [-0.15, -0.1) is 0 Å². The Kier molecular flexibility index (Phi) is 5.16. The summed E-state index contributed by atoms with van der Waals surface area (Å²) in [7, 11) is 5.05. The van der Waals surface area contributed by atoms with Gasteiger partial charge in [0.25, 0.3) is 0 Å². The van der Waals surface area contributed by atoms with Crippen molar-refractivity contribution in [2.75, 3.05) is 34.4 Å². The molecular formula is C19H26N2O4. The van der Waals surface area contributed by atoms with Crippen LogP contribution in [0.5, 0.6) is 11.5 Å². The predicted molar refractivity (Wildman–Crippen MR) is 93.6 cm³/mol. The summed E-state index contributed by atoms with van der Waals surface area (Å²) in [4.78, 5) is 28.7. The summed E-state index contributed by atoms with van der Waals surface area (Å²) in [5.41, 5.74) is 1.01. The third-order valence-electron chi connectivity index (χ3n) is 5.34. The number of amides is 2. The normalized spacial score (nSPS) is 23.7. The number of likely N-dealkylation sites (tertiary alicyclic amines) is 2. The van der Waals surface area contributed by atoms with Gasteiger partial charge < -0.3 is 19.3 Å². The molecule has 0 aliphatic carbocycles. The molecule has 2 atom stereocenters. The van der Waals surface area contributed by atoms with Crippen LogP contribution < -0.4 is 9.47 Å². The number of carbonyl (C=O) groups excluding carboxylic acids is 2. The molecule has 1 aromatic rings. The van der Waals surface area contributed by atoms with Crippen molar-refractivity contribution >= 4 is 11.8 Å². The molecule has 136 valence electrons. The molecule has 3 rings (SSSR count). The Bertz CT molecular complexity index is 661. The van der Waals surface area contributed by atoms with Crippen molar-refractivity contribution in [2.24, 2.45) is 5.92 Å². The topological polar surface area (TPSA) is 59.1 Å². The predicted octanol–water partition coefficient (Wildman–Crippen LogP) is 2.24. The molecule has 0 aromatic heterocycles. The maximum Gasteiger partial charge on any atom is 0.226 e. The van der Waals surface area contributed by atoms with Gasteiger partial charge in [-0.2, -0.15) is 0 Å². The van der Waals surface area contributed by atoms with Crippen molar-refractivity contribution in [3.8, 4) is 11.5 Å². The Labute approximate surface area is 148 Å². The van der Waals surface area contributed by atoms with E-state index >= 15 is 0 Å².